The summed E-state index contributed by atoms with van der Waals surface area (Å²) in [6.07, 6.45) is 4.47. The smallest absolute Gasteiger partial charge is 0.252 e. The van der Waals surface area contributed by atoms with Gasteiger partial charge in [-0.25, -0.2) is 0 Å². The third kappa shape index (κ3) is 2.49. The number of likely N-dealkylation sites (N-methyl/N-ethyl adjacent to an activating group) is 1. The molecule has 0 aromatic carbocycles. The van der Waals surface area contributed by atoms with Gasteiger partial charge in [-0.05, 0) is 30.5 Å². The lowest BCUT2D eigenvalue weighted by molar-refractivity contribution is -0.140. The Hall–Kier alpha value is -1.93. The number of hydrogen-bond donors (Lipinski definition) is 0. The third-order valence-corrected chi connectivity index (χ3v) is 3.08. The van der Waals surface area contributed by atoms with Crippen LogP contribution in [0.4, 0.5) is 0 Å². The van der Waals surface area contributed by atoms with E-state index < -0.39 is 12.1 Å². The molecule has 1 aromatic heterocycles. The van der Waals surface area contributed by atoms with Crippen LogP contribution in [0.15, 0.2) is 24.5 Å². The van der Waals surface area contributed by atoms with Crippen LogP contribution in [0.1, 0.15) is 24.4 Å². The first kappa shape index (κ1) is 12.5. The highest BCUT2D eigenvalue weighted by Crippen LogP contribution is 2.22. The molecule has 1 aliphatic heterocycles. The molecule has 0 radical (unpaired) electrons. The maximum atomic E-state index is 12.2. The highest BCUT2D eigenvalue weighted by atomic mass is 16.5. The number of amides is 1. The lowest BCUT2D eigenvalue weighted by Crippen LogP contribution is -2.38. The Morgan fingerprint density at radius 2 is 2.33 bits per heavy atom. The van der Waals surface area contributed by atoms with Crippen LogP contribution >= 0.6 is 0 Å². The number of rotatable bonds is 3. The lowest BCUT2D eigenvalue weighted by Gasteiger charge is -2.25. The van der Waals surface area contributed by atoms with Crippen LogP contribution in [0, 0.1) is 11.3 Å². The van der Waals surface area contributed by atoms with E-state index in [1.54, 1.807) is 31.6 Å². The quantitative estimate of drug-likeness (QED) is 0.804. The molecule has 0 saturated carbocycles. The number of carbonyl (C=O) groups is 1. The largest absolute Gasteiger partial charge is 0.368 e. The summed E-state index contributed by atoms with van der Waals surface area (Å²) >= 11 is 0. The summed E-state index contributed by atoms with van der Waals surface area (Å²) in [7, 11) is 1.64. The Balaban J connectivity index is 2.13. The van der Waals surface area contributed by atoms with Crippen molar-refractivity contribution in [1.82, 2.24) is 9.88 Å². The summed E-state index contributed by atoms with van der Waals surface area (Å²) in [6.45, 7) is 0.622. The van der Waals surface area contributed by atoms with Crippen molar-refractivity contribution in [3.8, 4) is 6.07 Å². The molecule has 0 spiro atoms. The van der Waals surface area contributed by atoms with E-state index in [0.29, 0.717) is 6.61 Å². The van der Waals surface area contributed by atoms with E-state index in [1.165, 1.54) is 4.90 Å². The average molecular weight is 245 g/mol. The predicted molar refractivity (Wildman–Crippen MR) is 64.3 cm³/mol. The average Bonchev–Trinajstić information content (AvgIpc) is 2.94. The maximum absolute atomic E-state index is 12.2. The summed E-state index contributed by atoms with van der Waals surface area (Å²) in [5, 5.41) is 9.24. The number of hydrogen-bond acceptors (Lipinski definition) is 4. The Kier molecular flexibility index (Phi) is 3.90. The second-order valence-corrected chi connectivity index (χ2v) is 4.26. The number of nitriles is 1. The summed E-state index contributed by atoms with van der Waals surface area (Å²) < 4.78 is 5.35. The molecule has 5 heteroatoms. The van der Waals surface area contributed by atoms with E-state index in [-0.39, 0.29) is 5.91 Å². The third-order valence-electron chi connectivity index (χ3n) is 3.08. The van der Waals surface area contributed by atoms with E-state index in [9.17, 15) is 10.1 Å². The Morgan fingerprint density at radius 1 is 1.61 bits per heavy atom. The van der Waals surface area contributed by atoms with Gasteiger partial charge in [0.1, 0.15) is 12.1 Å². The van der Waals surface area contributed by atoms with Crippen LogP contribution in [-0.2, 0) is 9.53 Å². The van der Waals surface area contributed by atoms with Gasteiger partial charge in [0.05, 0.1) is 6.07 Å². The summed E-state index contributed by atoms with van der Waals surface area (Å²) in [5.74, 6) is -0.129. The van der Waals surface area contributed by atoms with E-state index in [4.69, 9.17) is 4.74 Å². The number of carbonyl (C=O) groups excluding carboxylic acids is 1. The molecule has 0 bridgehead atoms. The number of aromatic nitrogens is 1. The molecule has 1 aliphatic rings. The minimum absolute atomic E-state index is 0.129. The molecule has 2 atom stereocenters. The Labute approximate surface area is 106 Å². The molecule has 1 fully saturated rings. The second-order valence-electron chi connectivity index (χ2n) is 4.26. The fourth-order valence-electron chi connectivity index (χ4n) is 2.06. The van der Waals surface area contributed by atoms with Crippen LogP contribution in [-0.4, -0.2) is 35.5 Å². The van der Waals surface area contributed by atoms with Crippen LogP contribution in [0.2, 0.25) is 0 Å². The molecule has 1 amide bonds. The summed E-state index contributed by atoms with van der Waals surface area (Å²) in [5.41, 5.74) is 0.765. The highest BCUT2D eigenvalue weighted by Gasteiger charge is 2.30. The molecule has 0 aliphatic carbocycles. The number of ether oxygens (including phenoxy) is 1. The SMILES string of the molecule is CN(C(=O)C1CCCO1)C(C#N)c1ccncc1. The van der Waals surface area contributed by atoms with Crippen LogP contribution < -0.4 is 0 Å². The van der Waals surface area contributed by atoms with Gasteiger partial charge in [-0.2, -0.15) is 5.26 Å². The Bertz CT molecular complexity index is 449. The molecule has 2 heterocycles. The summed E-state index contributed by atoms with van der Waals surface area (Å²) in [4.78, 5) is 17.5. The van der Waals surface area contributed by atoms with E-state index >= 15 is 0 Å². The molecular weight excluding hydrogens is 230 g/mol. The monoisotopic (exact) mass is 245 g/mol. The minimum atomic E-state index is -0.593. The van der Waals surface area contributed by atoms with Gasteiger partial charge < -0.3 is 9.64 Å². The van der Waals surface area contributed by atoms with Gasteiger partial charge in [0.15, 0.2) is 0 Å². The van der Waals surface area contributed by atoms with Gasteiger partial charge in [-0.1, -0.05) is 0 Å². The molecule has 18 heavy (non-hydrogen) atoms. The molecule has 5 nitrogen and oxygen atoms in total. The fraction of sp³-hybridized carbons (Fsp3) is 0.462. The van der Waals surface area contributed by atoms with E-state index in [0.717, 1.165) is 18.4 Å². The van der Waals surface area contributed by atoms with Gasteiger partial charge in [-0.3, -0.25) is 9.78 Å². The molecule has 2 rings (SSSR count). The van der Waals surface area contributed by atoms with Gasteiger partial charge in [0, 0.05) is 26.0 Å². The van der Waals surface area contributed by atoms with Crippen molar-refractivity contribution in [2.24, 2.45) is 0 Å². The van der Waals surface area contributed by atoms with Crippen molar-refractivity contribution in [3.63, 3.8) is 0 Å². The lowest BCUT2D eigenvalue weighted by atomic mass is 10.1. The first-order chi connectivity index (χ1) is 8.74. The van der Waals surface area contributed by atoms with Gasteiger partial charge in [0.2, 0.25) is 0 Å². The van der Waals surface area contributed by atoms with Crippen LogP contribution in [0.3, 0.4) is 0 Å². The molecule has 1 saturated heterocycles. The van der Waals surface area contributed by atoms with Gasteiger partial charge >= 0.3 is 0 Å². The molecular formula is C13H15N3O2. The van der Waals surface area contributed by atoms with Crippen molar-refractivity contribution in [1.29, 1.82) is 5.26 Å². The zero-order valence-electron chi connectivity index (χ0n) is 10.2. The minimum Gasteiger partial charge on any atom is -0.368 e. The first-order valence-electron chi connectivity index (χ1n) is 5.92. The topological polar surface area (TPSA) is 66.2 Å². The summed E-state index contributed by atoms with van der Waals surface area (Å²) in [6, 6.07) is 5.04. The number of pyridine rings is 1. The fourth-order valence-corrected chi connectivity index (χ4v) is 2.06. The molecule has 94 valence electrons. The zero-order valence-corrected chi connectivity index (χ0v) is 10.2. The van der Waals surface area contributed by atoms with Gasteiger partial charge in [0.25, 0.3) is 5.91 Å². The van der Waals surface area contributed by atoms with Crippen molar-refractivity contribution in [2.75, 3.05) is 13.7 Å². The van der Waals surface area contributed by atoms with Crippen molar-refractivity contribution >= 4 is 5.91 Å². The van der Waals surface area contributed by atoms with E-state index in [2.05, 4.69) is 11.1 Å². The molecule has 0 N–H and O–H groups in total. The first-order valence-corrected chi connectivity index (χ1v) is 5.92. The van der Waals surface area contributed by atoms with Gasteiger partial charge in [-0.15, -0.1) is 0 Å². The maximum Gasteiger partial charge on any atom is 0.252 e. The van der Waals surface area contributed by atoms with Crippen molar-refractivity contribution in [3.05, 3.63) is 30.1 Å². The van der Waals surface area contributed by atoms with Crippen molar-refractivity contribution < 1.29 is 9.53 Å². The van der Waals surface area contributed by atoms with Crippen LogP contribution in [0.5, 0.6) is 0 Å². The Morgan fingerprint density at radius 3 is 2.89 bits per heavy atom. The zero-order chi connectivity index (χ0) is 13.0. The van der Waals surface area contributed by atoms with Crippen molar-refractivity contribution in [2.45, 2.75) is 25.0 Å². The highest BCUT2D eigenvalue weighted by molar-refractivity contribution is 5.81. The second kappa shape index (κ2) is 5.61. The molecule has 2 unspecified atom stereocenters. The predicted octanol–water partition coefficient (Wildman–Crippen LogP) is 1.28. The normalized spacial score (nSPS) is 20.1. The van der Waals surface area contributed by atoms with E-state index in [1.807, 2.05) is 0 Å². The molecule has 1 aromatic rings. The standard InChI is InChI=1S/C13H15N3O2/c1-16(13(17)12-3-2-8-18-12)11(9-14)10-4-6-15-7-5-10/h4-7,11-12H,2-3,8H2,1H3. The number of nitrogens with zero attached hydrogens (tertiary/aromatic N) is 3. The van der Waals surface area contributed by atoms with Crippen LogP contribution in [0.25, 0.3) is 0 Å².